The van der Waals surface area contributed by atoms with Crippen LogP contribution in [-0.2, 0) is 4.79 Å². The van der Waals surface area contributed by atoms with Gasteiger partial charge < -0.3 is 10.5 Å². The van der Waals surface area contributed by atoms with E-state index in [9.17, 15) is 4.79 Å². The number of hydrogen-bond acceptors (Lipinski definition) is 3. The molecule has 26 heavy (non-hydrogen) atoms. The van der Waals surface area contributed by atoms with Gasteiger partial charge >= 0.3 is 5.91 Å². The molecule has 2 aromatic carbocycles. The fourth-order valence-corrected chi connectivity index (χ4v) is 3.33. The van der Waals surface area contributed by atoms with Crippen LogP contribution in [0.1, 0.15) is 13.8 Å². The SMILES string of the molecule is CC(C)C(=O)[N+]1(c2ccc(Oc3ccccc3)cc2)CC=CC=C1CN. The summed E-state index contributed by atoms with van der Waals surface area (Å²) in [7, 11) is 0. The van der Waals surface area contributed by atoms with Crippen LogP contribution in [0.2, 0.25) is 0 Å². The summed E-state index contributed by atoms with van der Waals surface area (Å²) >= 11 is 0. The number of nitrogens with two attached hydrogens (primary N) is 1. The number of quaternary nitrogens is 1. The van der Waals surface area contributed by atoms with E-state index < -0.39 is 0 Å². The van der Waals surface area contributed by atoms with Crippen LogP contribution in [0.3, 0.4) is 0 Å². The maximum atomic E-state index is 13.2. The molecule has 0 saturated heterocycles. The first-order valence-corrected chi connectivity index (χ1v) is 8.90. The number of nitrogens with zero attached hydrogens (tertiary/aromatic N) is 1. The smallest absolute Gasteiger partial charge is 0.326 e. The summed E-state index contributed by atoms with van der Waals surface area (Å²) < 4.78 is 6.02. The lowest BCUT2D eigenvalue weighted by Gasteiger charge is -2.38. The average molecular weight is 349 g/mol. The van der Waals surface area contributed by atoms with Gasteiger partial charge in [0.15, 0.2) is 0 Å². The van der Waals surface area contributed by atoms with E-state index in [-0.39, 0.29) is 16.3 Å². The maximum absolute atomic E-state index is 13.2. The molecular weight excluding hydrogens is 324 g/mol. The fourth-order valence-electron chi connectivity index (χ4n) is 3.33. The van der Waals surface area contributed by atoms with Crippen LogP contribution >= 0.6 is 0 Å². The Labute approximate surface area is 154 Å². The van der Waals surface area contributed by atoms with Gasteiger partial charge in [-0.15, -0.1) is 0 Å². The minimum absolute atomic E-state index is 0.100. The Morgan fingerprint density at radius 3 is 2.35 bits per heavy atom. The molecule has 0 saturated carbocycles. The molecule has 4 nitrogen and oxygen atoms in total. The van der Waals surface area contributed by atoms with Crippen molar-refractivity contribution in [1.82, 2.24) is 4.48 Å². The van der Waals surface area contributed by atoms with E-state index in [0.717, 1.165) is 22.9 Å². The number of benzene rings is 2. The quantitative estimate of drug-likeness (QED) is 0.815. The number of hydrogen-bond donors (Lipinski definition) is 1. The second kappa shape index (κ2) is 7.68. The van der Waals surface area contributed by atoms with Gasteiger partial charge in [-0.25, -0.2) is 4.79 Å². The van der Waals surface area contributed by atoms with E-state index in [1.807, 2.05) is 86.7 Å². The molecule has 0 aliphatic carbocycles. The van der Waals surface area contributed by atoms with Crippen LogP contribution in [0, 0.1) is 5.92 Å². The first-order valence-electron chi connectivity index (χ1n) is 8.90. The predicted octanol–water partition coefficient (Wildman–Crippen LogP) is 4.38. The van der Waals surface area contributed by atoms with E-state index >= 15 is 0 Å². The zero-order valence-corrected chi connectivity index (χ0v) is 15.3. The van der Waals surface area contributed by atoms with Crippen molar-refractivity contribution in [3.05, 3.63) is 78.5 Å². The van der Waals surface area contributed by atoms with Crippen molar-refractivity contribution in [2.45, 2.75) is 13.8 Å². The highest BCUT2D eigenvalue weighted by Crippen LogP contribution is 2.35. The third kappa shape index (κ3) is 3.34. The van der Waals surface area contributed by atoms with Crippen LogP contribution in [-0.4, -0.2) is 19.0 Å². The number of rotatable bonds is 5. The zero-order valence-electron chi connectivity index (χ0n) is 15.3. The summed E-state index contributed by atoms with van der Waals surface area (Å²) in [6.07, 6.45) is 5.95. The van der Waals surface area contributed by atoms with Crippen LogP contribution in [0.25, 0.3) is 0 Å². The van der Waals surface area contributed by atoms with Gasteiger partial charge in [0.05, 0.1) is 12.5 Å². The van der Waals surface area contributed by atoms with Gasteiger partial charge in [-0.1, -0.05) is 24.3 Å². The van der Waals surface area contributed by atoms with Crippen molar-refractivity contribution in [2.75, 3.05) is 13.1 Å². The van der Waals surface area contributed by atoms with Crippen molar-refractivity contribution in [3.63, 3.8) is 0 Å². The Hall–Kier alpha value is -2.69. The van der Waals surface area contributed by atoms with E-state index in [2.05, 4.69) is 0 Å². The summed E-state index contributed by atoms with van der Waals surface area (Å²) in [5, 5.41) is 0. The Bertz CT molecular complexity index is 823. The van der Waals surface area contributed by atoms with Crippen molar-refractivity contribution in [2.24, 2.45) is 11.7 Å². The van der Waals surface area contributed by atoms with Gasteiger partial charge in [0, 0.05) is 12.1 Å². The molecule has 1 heterocycles. The largest absolute Gasteiger partial charge is 0.457 e. The van der Waals surface area contributed by atoms with Gasteiger partial charge in [-0.05, 0) is 50.3 Å². The highest BCUT2D eigenvalue weighted by atomic mass is 16.5. The molecular formula is C22H25N2O2+. The Balaban J connectivity index is 1.96. The monoisotopic (exact) mass is 349 g/mol. The van der Waals surface area contributed by atoms with Gasteiger partial charge in [-0.3, -0.25) is 0 Å². The molecule has 2 N–H and O–H groups in total. The Morgan fingerprint density at radius 1 is 1.08 bits per heavy atom. The molecule has 3 rings (SSSR count). The van der Waals surface area contributed by atoms with E-state index in [0.29, 0.717) is 13.1 Å². The lowest BCUT2D eigenvalue weighted by molar-refractivity contribution is -0.131. The highest BCUT2D eigenvalue weighted by Gasteiger charge is 2.44. The average Bonchev–Trinajstić information content (AvgIpc) is 2.68. The summed E-state index contributed by atoms with van der Waals surface area (Å²) in [5.74, 6) is 1.56. The molecule has 2 aromatic rings. The Morgan fingerprint density at radius 2 is 1.73 bits per heavy atom. The molecule has 134 valence electrons. The number of para-hydroxylation sites is 1. The van der Waals surface area contributed by atoms with Gasteiger partial charge in [0.2, 0.25) is 0 Å². The van der Waals surface area contributed by atoms with Gasteiger partial charge in [-0.2, -0.15) is 4.48 Å². The van der Waals surface area contributed by atoms with E-state index in [1.54, 1.807) is 0 Å². The lowest BCUT2D eigenvalue weighted by Crippen LogP contribution is -2.57. The molecule has 0 radical (unpaired) electrons. The minimum atomic E-state index is -0.100. The summed E-state index contributed by atoms with van der Waals surface area (Å²) in [6.45, 7) is 4.79. The zero-order chi connectivity index (χ0) is 18.6. The third-order valence-corrected chi connectivity index (χ3v) is 4.63. The maximum Gasteiger partial charge on any atom is 0.326 e. The van der Waals surface area contributed by atoms with E-state index in [1.165, 1.54) is 0 Å². The molecule has 0 fully saturated rings. The molecule has 1 unspecified atom stereocenters. The molecule has 1 atom stereocenters. The fraction of sp³-hybridized carbons (Fsp3) is 0.227. The van der Waals surface area contributed by atoms with Crippen molar-refractivity contribution in [1.29, 1.82) is 0 Å². The molecule has 0 spiro atoms. The molecule has 1 amide bonds. The number of allylic oxidation sites excluding steroid dienone is 2. The summed E-state index contributed by atoms with van der Waals surface area (Å²) in [6, 6.07) is 17.4. The first-order chi connectivity index (χ1) is 12.6. The molecule has 4 heteroatoms. The van der Waals surface area contributed by atoms with Crippen molar-refractivity contribution < 1.29 is 9.53 Å². The van der Waals surface area contributed by atoms with Gasteiger partial charge in [0.1, 0.15) is 29.4 Å². The van der Waals surface area contributed by atoms with Gasteiger partial charge in [0.25, 0.3) is 0 Å². The molecule has 1 aliphatic heterocycles. The van der Waals surface area contributed by atoms with Crippen LogP contribution in [0.5, 0.6) is 11.5 Å². The third-order valence-electron chi connectivity index (χ3n) is 4.63. The first kappa shape index (κ1) is 18.1. The number of carbonyl (C=O) groups excluding carboxylic acids is 1. The molecule has 0 bridgehead atoms. The topological polar surface area (TPSA) is 52.3 Å². The number of ether oxygens (including phenoxy) is 1. The van der Waals surface area contributed by atoms with Crippen LogP contribution in [0.15, 0.2) is 78.5 Å². The lowest BCUT2D eigenvalue weighted by atomic mass is 10.0. The van der Waals surface area contributed by atoms with Crippen LogP contribution in [0.4, 0.5) is 5.69 Å². The number of amides is 1. The van der Waals surface area contributed by atoms with Crippen LogP contribution < -0.4 is 15.0 Å². The highest BCUT2D eigenvalue weighted by molar-refractivity contribution is 5.93. The second-order valence-corrected chi connectivity index (χ2v) is 6.68. The predicted molar refractivity (Wildman–Crippen MR) is 106 cm³/mol. The van der Waals surface area contributed by atoms with E-state index in [4.69, 9.17) is 10.5 Å². The summed E-state index contributed by atoms with van der Waals surface area (Å²) in [4.78, 5) is 13.2. The standard InChI is InChI=1S/C22H25N2O2/c1-17(2)22(25)24(15-7-6-8-19(24)16-23)18-11-13-21(14-12-18)26-20-9-4-3-5-10-20/h3-14,17H,15-16,23H2,1-2H3/q+1. The van der Waals surface area contributed by atoms with Crippen molar-refractivity contribution >= 4 is 11.6 Å². The minimum Gasteiger partial charge on any atom is -0.457 e. The number of carbonyl (C=O) groups is 1. The second-order valence-electron chi connectivity index (χ2n) is 6.68. The summed E-state index contributed by atoms with van der Waals surface area (Å²) in [5.41, 5.74) is 7.80. The normalized spacial score (nSPS) is 19.3. The molecule has 0 aromatic heterocycles. The Kier molecular flexibility index (Phi) is 5.35. The molecule has 1 aliphatic rings. The van der Waals surface area contributed by atoms with Crippen molar-refractivity contribution in [3.8, 4) is 11.5 Å².